The van der Waals surface area contributed by atoms with Gasteiger partial charge in [-0.15, -0.1) is 0 Å². The summed E-state index contributed by atoms with van der Waals surface area (Å²) in [6.07, 6.45) is 0. The third kappa shape index (κ3) is 3.98. The fourth-order valence-electron chi connectivity index (χ4n) is 1.34. The molecule has 0 fully saturated rings. The number of hydrogen-bond donors (Lipinski definition) is 0. The third-order valence-corrected chi connectivity index (χ3v) is 4.20. The monoisotopic (exact) mass is 262 g/mol. The summed E-state index contributed by atoms with van der Waals surface area (Å²) in [6, 6.07) is 19.2. The molecule has 86 valence electrons. The molecule has 0 aliphatic heterocycles. The van der Waals surface area contributed by atoms with Crippen molar-refractivity contribution in [3.05, 3.63) is 60.7 Å². The van der Waals surface area contributed by atoms with Gasteiger partial charge in [-0.25, -0.2) is 0 Å². The normalized spacial score (nSPS) is 9.71. The molecule has 0 spiro atoms. The molecule has 0 amide bonds. The average molecular weight is 262 g/mol. The van der Waals surface area contributed by atoms with E-state index in [1.54, 1.807) is 7.11 Å². The van der Waals surface area contributed by atoms with Gasteiger partial charge in [-0.1, -0.05) is 0 Å². The molecule has 0 bridgehead atoms. The number of rotatable bonds is 5. The second kappa shape index (κ2) is 6.57. The molecule has 0 N–H and O–H groups in total. The summed E-state index contributed by atoms with van der Waals surface area (Å²) in [7, 11) is 1.62. The van der Waals surface area contributed by atoms with Gasteiger partial charge in [0.25, 0.3) is 0 Å². The first-order valence-electron chi connectivity index (χ1n) is 5.34. The molecular weight excluding hydrogens is 249 g/mol. The maximum absolute atomic E-state index is 5.71. The van der Waals surface area contributed by atoms with E-state index < -0.39 is 22.7 Å². The minimum absolute atomic E-state index is 0.787. The summed E-state index contributed by atoms with van der Waals surface area (Å²) in [5.74, 6) is 1.57. The van der Waals surface area contributed by atoms with E-state index in [4.69, 9.17) is 8.56 Å². The van der Waals surface area contributed by atoms with Crippen molar-refractivity contribution in [1.82, 2.24) is 0 Å². The van der Waals surface area contributed by atoms with Gasteiger partial charge in [0.05, 0.1) is 0 Å². The Balaban J connectivity index is 1.98. The Morgan fingerprint density at radius 2 is 1.12 bits per heavy atom. The van der Waals surface area contributed by atoms with Gasteiger partial charge < -0.3 is 0 Å². The Morgan fingerprint density at radius 3 is 1.47 bits per heavy atom. The van der Waals surface area contributed by atoms with Crippen molar-refractivity contribution in [2.24, 2.45) is 0 Å². The van der Waals surface area contributed by atoms with Gasteiger partial charge in [-0.2, -0.15) is 0 Å². The molecule has 4 heteroatoms. The quantitative estimate of drug-likeness (QED) is 0.828. The second-order valence-electron chi connectivity index (χ2n) is 3.39. The van der Waals surface area contributed by atoms with E-state index >= 15 is 0 Å². The molecule has 0 saturated carbocycles. The van der Waals surface area contributed by atoms with Crippen molar-refractivity contribution in [2.75, 3.05) is 7.11 Å². The predicted octanol–water partition coefficient (Wildman–Crippen LogP) is 3.15. The summed E-state index contributed by atoms with van der Waals surface area (Å²) < 4.78 is 16.7. The molecule has 0 aliphatic carbocycles. The van der Waals surface area contributed by atoms with Crippen LogP contribution in [-0.2, 0) is 25.6 Å². The molecule has 0 radical (unpaired) electrons. The summed E-state index contributed by atoms with van der Waals surface area (Å²) in [4.78, 5) is 0. The first kappa shape index (κ1) is 12.3. The summed E-state index contributed by atoms with van der Waals surface area (Å²) >= 11 is -2.66. The molecule has 17 heavy (non-hydrogen) atoms. The van der Waals surface area contributed by atoms with Crippen molar-refractivity contribution >= 4 is 0 Å². The number of hydrogen-bond acceptors (Lipinski definition) is 3. The van der Waals surface area contributed by atoms with Gasteiger partial charge in [-0.05, 0) is 0 Å². The second-order valence-corrected chi connectivity index (χ2v) is 5.76. The molecule has 2 aromatic carbocycles. The van der Waals surface area contributed by atoms with E-state index in [0.29, 0.717) is 0 Å². The van der Waals surface area contributed by atoms with Gasteiger partial charge >= 0.3 is 111 Å². The fourth-order valence-corrected chi connectivity index (χ4v) is 2.90. The van der Waals surface area contributed by atoms with Crippen molar-refractivity contribution in [3.8, 4) is 11.5 Å². The molecule has 3 nitrogen and oxygen atoms in total. The number of benzene rings is 2. The Kier molecular flexibility index (Phi) is 4.76. The predicted molar refractivity (Wildman–Crippen MR) is 61.1 cm³/mol. The first-order valence-corrected chi connectivity index (χ1v) is 7.55. The average Bonchev–Trinajstić information content (AvgIpc) is 2.40. The van der Waals surface area contributed by atoms with Gasteiger partial charge in [-0.3, -0.25) is 0 Å². The molecule has 0 saturated heterocycles. The zero-order valence-corrected chi connectivity index (χ0v) is 11.4. The van der Waals surface area contributed by atoms with Crippen LogP contribution in [0.2, 0.25) is 0 Å². The Bertz CT molecular complexity index is 391. The number of para-hydroxylation sites is 2. The zero-order chi connectivity index (χ0) is 11.9. The van der Waals surface area contributed by atoms with Crippen LogP contribution in [0.5, 0.6) is 11.5 Å². The van der Waals surface area contributed by atoms with Gasteiger partial charge in [0, 0.05) is 0 Å². The van der Waals surface area contributed by atoms with E-state index in [9.17, 15) is 0 Å². The Labute approximate surface area is 110 Å². The van der Waals surface area contributed by atoms with Crippen molar-refractivity contribution < 1.29 is 31.3 Å². The molecular formula is C13H13O3Sc. The van der Waals surface area contributed by atoms with Crippen LogP contribution >= 0.6 is 0 Å². The molecule has 2 aromatic rings. The maximum atomic E-state index is 5.71. The summed E-state index contributed by atoms with van der Waals surface area (Å²) in [5.41, 5.74) is 0. The fraction of sp³-hybridized carbons (Fsp3) is 0.0769. The van der Waals surface area contributed by atoms with Crippen LogP contribution in [-0.4, -0.2) is 7.11 Å². The minimum atomic E-state index is -2.66. The van der Waals surface area contributed by atoms with Gasteiger partial charge in [0.1, 0.15) is 0 Å². The van der Waals surface area contributed by atoms with Crippen LogP contribution < -0.4 is 5.71 Å². The Hall–Kier alpha value is -1.13. The summed E-state index contributed by atoms with van der Waals surface area (Å²) in [6.45, 7) is 0. The molecule has 0 aliphatic rings. The molecule has 0 atom stereocenters. The van der Waals surface area contributed by atoms with Crippen LogP contribution in [0.25, 0.3) is 0 Å². The van der Waals surface area contributed by atoms with E-state index in [0.717, 1.165) is 11.5 Å². The van der Waals surface area contributed by atoms with Crippen molar-refractivity contribution in [3.63, 3.8) is 0 Å². The van der Waals surface area contributed by atoms with Gasteiger partial charge in [0.15, 0.2) is 0 Å². The third-order valence-electron chi connectivity index (χ3n) is 2.14. The van der Waals surface area contributed by atoms with E-state index in [1.165, 1.54) is 0 Å². The van der Waals surface area contributed by atoms with Crippen LogP contribution in [0.1, 0.15) is 0 Å². The summed E-state index contributed by atoms with van der Waals surface area (Å²) in [5, 5.41) is 0. The van der Waals surface area contributed by atoms with Crippen molar-refractivity contribution in [2.45, 2.75) is 0 Å². The van der Waals surface area contributed by atoms with Crippen molar-refractivity contribution in [1.29, 1.82) is 0 Å². The van der Waals surface area contributed by atoms with E-state index in [2.05, 4.69) is 0 Å². The van der Waals surface area contributed by atoms with Gasteiger partial charge in [0.2, 0.25) is 0 Å². The van der Waals surface area contributed by atoms with E-state index in [1.807, 2.05) is 60.7 Å². The standard InChI is InChI=1S/2C6H6O.CH3O.Sc/c2*7-6-4-2-1-3-5-6;1-2;/h2*1-5,7H;1H3;/q;;-1;+3/p-2. The topological polar surface area (TPSA) is 27.7 Å². The van der Waals surface area contributed by atoms with E-state index in [-0.39, 0.29) is 0 Å². The van der Waals surface area contributed by atoms with Crippen LogP contribution in [0.4, 0.5) is 0 Å². The van der Waals surface area contributed by atoms with Crippen LogP contribution in [0.3, 0.4) is 0 Å². The molecule has 0 aromatic heterocycles. The first-order chi connectivity index (χ1) is 8.38. The SMILES string of the molecule is C[O][Sc]([O]c1ccccc1)[O]c1ccccc1. The van der Waals surface area contributed by atoms with Crippen LogP contribution in [0, 0.1) is 0 Å². The zero-order valence-electron chi connectivity index (χ0n) is 9.58. The van der Waals surface area contributed by atoms with Crippen LogP contribution in [0.15, 0.2) is 60.7 Å². The molecule has 0 unspecified atom stereocenters. The molecule has 0 heterocycles. The Morgan fingerprint density at radius 1 is 0.706 bits per heavy atom. The molecule has 2 rings (SSSR count).